The van der Waals surface area contributed by atoms with Crippen molar-refractivity contribution in [2.24, 2.45) is 5.10 Å². The van der Waals surface area contributed by atoms with Crippen molar-refractivity contribution in [3.05, 3.63) is 75.1 Å². The number of benzene rings is 2. The minimum absolute atomic E-state index is 0.0604. The third-order valence-electron chi connectivity index (χ3n) is 5.70. The fourth-order valence-electron chi connectivity index (χ4n) is 3.90. The number of para-hydroxylation sites is 1. The Morgan fingerprint density at radius 3 is 2.60 bits per heavy atom. The van der Waals surface area contributed by atoms with E-state index in [4.69, 9.17) is 16.0 Å². The Hall–Kier alpha value is -3.98. The van der Waals surface area contributed by atoms with Crippen LogP contribution in [0.4, 0.5) is 5.69 Å². The van der Waals surface area contributed by atoms with E-state index in [2.05, 4.69) is 21.2 Å². The summed E-state index contributed by atoms with van der Waals surface area (Å²) in [6.45, 7) is 0. The lowest BCUT2D eigenvalue weighted by atomic mass is 9.95. The van der Waals surface area contributed by atoms with Gasteiger partial charge in [-0.3, -0.25) is 19.2 Å². The summed E-state index contributed by atoms with van der Waals surface area (Å²) >= 11 is 5.93. The average molecular weight is 495 g/mol. The summed E-state index contributed by atoms with van der Waals surface area (Å²) in [7, 11) is 0. The number of fused-ring (bicyclic) bond motifs is 1. The van der Waals surface area contributed by atoms with Gasteiger partial charge in [-0.05, 0) is 43.2 Å². The smallest absolute Gasteiger partial charge is 0.329 e. The van der Waals surface area contributed by atoms with Gasteiger partial charge in [-0.15, -0.1) is 0 Å². The first kappa shape index (κ1) is 24.2. The first-order valence-electron chi connectivity index (χ1n) is 11.2. The lowest BCUT2D eigenvalue weighted by Gasteiger charge is -2.23. The molecule has 1 fully saturated rings. The molecular weight excluding hydrogens is 472 g/mol. The van der Waals surface area contributed by atoms with Crippen LogP contribution in [0.5, 0.6) is 0 Å². The summed E-state index contributed by atoms with van der Waals surface area (Å²) in [6, 6.07) is 11.2. The van der Waals surface area contributed by atoms with Crippen LogP contribution in [0, 0.1) is 0 Å². The third-order valence-corrected chi connectivity index (χ3v) is 5.93. The molecule has 180 valence electrons. The second-order valence-electron chi connectivity index (χ2n) is 8.17. The molecule has 1 saturated carbocycles. The number of anilines is 1. The molecule has 0 bridgehead atoms. The summed E-state index contributed by atoms with van der Waals surface area (Å²) in [4.78, 5) is 49.9. The molecule has 3 amide bonds. The Bertz CT molecular complexity index is 1360. The largest absolute Gasteiger partial charge is 0.463 e. The molecule has 0 atom stereocenters. The third kappa shape index (κ3) is 5.93. The van der Waals surface area contributed by atoms with Gasteiger partial charge in [0.05, 0.1) is 28.4 Å². The van der Waals surface area contributed by atoms with Gasteiger partial charge in [0.25, 0.3) is 5.91 Å². The molecule has 0 unspecified atom stereocenters. The predicted octanol–water partition coefficient (Wildman–Crippen LogP) is 3.60. The van der Waals surface area contributed by atoms with Crippen molar-refractivity contribution < 1.29 is 18.8 Å². The number of amides is 3. The minimum atomic E-state index is -1.07. The van der Waals surface area contributed by atoms with Gasteiger partial charge in [-0.25, -0.2) is 5.43 Å². The Morgan fingerprint density at radius 1 is 1.03 bits per heavy atom. The van der Waals surface area contributed by atoms with E-state index in [1.54, 1.807) is 30.3 Å². The molecule has 0 aliphatic heterocycles. The maximum Gasteiger partial charge on any atom is 0.329 e. The maximum atomic E-state index is 12.7. The lowest BCUT2D eigenvalue weighted by molar-refractivity contribution is -0.136. The number of nitrogens with zero attached hydrogens (tertiary/aromatic N) is 1. The normalized spacial score (nSPS) is 14.1. The van der Waals surface area contributed by atoms with Crippen molar-refractivity contribution in [1.82, 2.24) is 10.7 Å². The Labute approximate surface area is 205 Å². The molecule has 1 aliphatic rings. The van der Waals surface area contributed by atoms with Crippen LogP contribution in [-0.4, -0.2) is 30.0 Å². The van der Waals surface area contributed by atoms with E-state index in [0.29, 0.717) is 10.6 Å². The van der Waals surface area contributed by atoms with Gasteiger partial charge in [0, 0.05) is 11.1 Å². The molecule has 1 heterocycles. The molecule has 0 spiro atoms. The SMILES string of the molecule is O=C(N/N=C/c1coc2ccc(Cl)cc2c1=O)C(=O)Nc1ccccc1C(=O)NC1CCCCC1. The number of carbonyl (C=O) groups excluding carboxylic acids is 3. The summed E-state index contributed by atoms with van der Waals surface area (Å²) < 4.78 is 5.37. The maximum absolute atomic E-state index is 12.7. The van der Waals surface area contributed by atoms with E-state index in [1.807, 2.05) is 0 Å². The topological polar surface area (TPSA) is 130 Å². The van der Waals surface area contributed by atoms with Gasteiger partial charge in [0.2, 0.25) is 5.43 Å². The fraction of sp³-hybridized carbons (Fsp3) is 0.240. The van der Waals surface area contributed by atoms with Crippen LogP contribution in [0.3, 0.4) is 0 Å². The molecule has 1 aromatic heterocycles. The second kappa shape index (κ2) is 11.0. The van der Waals surface area contributed by atoms with E-state index in [0.717, 1.165) is 38.3 Å². The van der Waals surface area contributed by atoms with Crippen LogP contribution in [0.2, 0.25) is 5.02 Å². The number of hydrazone groups is 1. The molecule has 1 aliphatic carbocycles. The minimum Gasteiger partial charge on any atom is -0.463 e. The van der Waals surface area contributed by atoms with E-state index in [1.165, 1.54) is 18.4 Å². The molecule has 3 N–H and O–H groups in total. The van der Waals surface area contributed by atoms with E-state index in [9.17, 15) is 19.2 Å². The molecule has 9 nitrogen and oxygen atoms in total. The van der Waals surface area contributed by atoms with Crippen LogP contribution in [0.15, 0.2) is 63.0 Å². The highest BCUT2D eigenvalue weighted by Gasteiger charge is 2.21. The van der Waals surface area contributed by atoms with Crippen LogP contribution in [0.1, 0.15) is 48.0 Å². The first-order valence-corrected chi connectivity index (χ1v) is 11.6. The molecule has 0 radical (unpaired) electrons. The highest BCUT2D eigenvalue weighted by Crippen LogP contribution is 2.20. The van der Waals surface area contributed by atoms with Gasteiger partial charge in [-0.2, -0.15) is 5.10 Å². The van der Waals surface area contributed by atoms with Gasteiger partial charge in [0.1, 0.15) is 11.8 Å². The zero-order valence-electron chi connectivity index (χ0n) is 18.7. The van der Waals surface area contributed by atoms with Crippen molar-refractivity contribution in [3.8, 4) is 0 Å². The van der Waals surface area contributed by atoms with Gasteiger partial charge in [-0.1, -0.05) is 43.0 Å². The van der Waals surface area contributed by atoms with Crippen molar-refractivity contribution in [2.45, 2.75) is 38.1 Å². The number of hydrogen-bond donors (Lipinski definition) is 3. The van der Waals surface area contributed by atoms with Crippen LogP contribution in [0.25, 0.3) is 11.0 Å². The molecular formula is C25H23ClN4O5. The standard InChI is InChI=1S/C25H23ClN4O5/c26-16-10-11-21-19(12-16)22(31)15(14-35-21)13-27-30-25(34)24(33)29-20-9-5-4-8-18(20)23(32)28-17-6-2-1-3-7-17/h4-5,8-14,17H,1-3,6-7H2,(H,28,32)(H,29,33)(H,30,34)/b27-13+. The van der Waals surface area contributed by atoms with E-state index >= 15 is 0 Å². The van der Waals surface area contributed by atoms with Gasteiger partial charge in [0.15, 0.2) is 0 Å². The number of halogens is 1. The Balaban J connectivity index is 1.39. The quantitative estimate of drug-likeness (QED) is 0.283. The van der Waals surface area contributed by atoms with Crippen LogP contribution in [-0.2, 0) is 9.59 Å². The molecule has 10 heteroatoms. The zero-order chi connectivity index (χ0) is 24.8. The van der Waals surface area contributed by atoms with Crippen molar-refractivity contribution in [3.63, 3.8) is 0 Å². The first-order chi connectivity index (χ1) is 16.9. The summed E-state index contributed by atoms with van der Waals surface area (Å²) in [6.07, 6.45) is 7.40. The number of nitrogens with one attached hydrogen (secondary N) is 3. The Kier molecular flexibility index (Phi) is 7.57. The molecule has 35 heavy (non-hydrogen) atoms. The Morgan fingerprint density at radius 2 is 1.80 bits per heavy atom. The fourth-order valence-corrected chi connectivity index (χ4v) is 4.07. The van der Waals surface area contributed by atoms with E-state index < -0.39 is 17.2 Å². The molecule has 3 aromatic rings. The monoisotopic (exact) mass is 494 g/mol. The van der Waals surface area contributed by atoms with Gasteiger partial charge >= 0.3 is 11.8 Å². The summed E-state index contributed by atoms with van der Waals surface area (Å²) in [5, 5.41) is 9.73. The average Bonchev–Trinajstić information content (AvgIpc) is 2.86. The molecule has 2 aromatic carbocycles. The zero-order valence-corrected chi connectivity index (χ0v) is 19.4. The van der Waals surface area contributed by atoms with Crippen LogP contribution < -0.4 is 21.5 Å². The molecule has 4 rings (SSSR count). The highest BCUT2D eigenvalue weighted by atomic mass is 35.5. The summed E-state index contributed by atoms with van der Waals surface area (Å²) in [5.74, 6) is -2.40. The number of carbonyl (C=O) groups is 3. The molecule has 0 saturated heterocycles. The van der Waals surface area contributed by atoms with Gasteiger partial charge < -0.3 is 15.1 Å². The van der Waals surface area contributed by atoms with Crippen molar-refractivity contribution in [1.29, 1.82) is 0 Å². The highest BCUT2D eigenvalue weighted by molar-refractivity contribution is 6.40. The number of rotatable bonds is 5. The van der Waals surface area contributed by atoms with Crippen molar-refractivity contribution in [2.75, 3.05) is 5.32 Å². The number of hydrogen-bond acceptors (Lipinski definition) is 6. The predicted molar refractivity (Wildman–Crippen MR) is 133 cm³/mol. The summed E-state index contributed by atoms with van der Waals surface area (Å²) in [5.41, 5.74) is 2.55. The van der Waals surface area contributed by atoms with E-state index in [-0.39, 0.29) is 34.1 Å². The lowest BCUT2D eigenvalue weighted by Crippen LogP contribution is -2.37. The van der Waals surface area contributed by atoms with Crippen LogP contribution >= 0.6 is 11.6 Å². The second-order valence-corrected chi connectivity index (χ2v) is 8.60. The van der Waals surface area contributed by atoms with Crippen molar-refractivity contribution >= 4 is 52.2 Å².